The van der Waals surface area contributed by atoms with E-state index in [2.05, 4.69) is 10.6 Å². The highest BCUT2D eigenvalue weighted by atomic mass is 16.3. The van der Waals surface area contributed by atoms with Gasteiger partial charge >= 0.3 is 6.03 Å². The van der Waals surface area contributed by atoms with Gasteiger partial charge in [-0.15, -0.1) is 0 Å². The molecular formula is C23H24N2O2. The topological polar surface area (TPSA) is 61.4 Å². The van der Waals surface area contributed by atoms with Crippen LogP contribution in [0.5, 0.6) is 0 Å². The van der Waals surface area contributed by atoms with Crippen molar-refractivity contribution < 1.29 is 9.90 Å². The zero-order valence-corrected chi connectivity index (χ0v) is 15.3. The predicted octanol–water partition coefficient (Wildman–Crippen LogP) is 3.98. The molecule has 0 aromatic heterocycles. The number of amides is 2. The fourth-order valence-corrected chi connectivity index (χ4v) is 2.98. The molecule has 3 rings (SSSR count). The molecular weight excluding hydrogens is 336 g/mol. The summed E-state index contributed by atoms with van der Waals surface area (Å²) in [6.07, 6.45) is 0. The van der Waals surface area contributed by atoms with E-state index in [1.54, 1.807) is 6.92 Å². The number of carbonyl (C=O) groups excluding carboxylic acids is 1. The van der Waals surface area contributed by atoms with Gasteiger partial charge in [0.15, 0.2) is 0 Å². The molecule has 0 bridgehead atoms. The molecule has 0 spiro atoms. The maximum absolute atomic E-state index is 12.5. The van der Waals surface area contributed by atoms with Crippen LogP contribution in [0.4, 0.5) is 4.79 Å². The lowest BCUT2D eigenvalue weighted by atomic mass is 9.96. The molecule has 0 saturated heterocycles. The Morgan fingerprint density at radius 1 is 0.852 bits per heavy atom. The number of nitrogens with one attached hydrogen (secondary N) is 2. The second kappa shape index (κ2) is 8.52. The molecule has 1 atom stereocenters. The number of aliphatic hydroxyl groups is 1. The summed E-state index contributed by atoms with van der Waals surface area (Å²) in [5.41, 5.74) is 1.60. The highest BCUT2D eigenvalue weighted by Gasteiger charge is 2.24. The largest absolute Gasteiger partial charge is 0.384 e. The van der Waals surface area contributed by atoms with Gasteiger partial charge in [0.25, 0.3) is 0 Å². The number of hydrogen-bond donors (Lipinski definition) is 3. The summed E-state index contributed by atoms with van der Waals surface area (Å²) < 4.78 is 0. The van der Waals surface area contributed by atoms with Crippen molar-refractivity contribution >= 4 is 6.03 Å². The van der Waals surface area contributed by atoms with Crippen molar-refractivity contribution in [2.45, 2.75) is 18.6 Å². The highest BCUT2D eigenvalue weighted by molar-refractivity contribution is 5.75. The van der Waals surface area contributed by atoms with E-state index >= 15 is 0 Å². The minimum Gasteiger partial charge on any atom is -0.384 e. The van der Waals surface area contributed by atoms with Crippen molar-refractivity contribution in [3.8, 4) is 0 Å². The summed E-state index contributed by atoms with van der Waals surface area (Å²) in [7, 11) is 0. The molecule has 0 aliphatic rings. The fourth-order valence-electron chi connectivity index (χ4n) is 2.98. The van der Waals surface area contributed by atoms with Gasteiger partial charge in [-0.25, -0.2) is 4.79 Å². The number of urea groups is 1. The van der Waals surface area contributed by atoms with E-state index in [-0.39, 0.29) is 18.6 Å². The summed E-state index contributed by atoms with van der Waals surface area (Å²) in [4.78, 5) is 12.5. The minimum absolute atomic E-state index is 0.110. The van der Waals surface area contributed by atoms with E-state index in [4.69, 9.17) is 0 Å². The second-order valence-corrected chi connectivity index (χ2v) is 6.72. The lowest BCUT2D eigenvalue weighted by Crippen LogP contribution is -2.44. The summed E-state index contributed by atoms with van der Waals surface area (Å²) in [6.45, 7) is 1.80. The molecule has 2 amide bonds. The molecule has 0 unspecified atom stereocenters. The van der Waals surface area contributed by atoms with Crippen molar-refractivity contribution in [2.24, 2.45) is 0 Å². The molecule has 0 radical (unpaired) electrons. The molecule has 0 aliphatic carbocycles. The van der Waals surface area contributed by atoms with Crippen LogP contribution in [0.2, 0.25) is 0 Å². The smallest absolute Gasteiger partial charge is 0.315 e. The molecule has 4 heteroatoms. The first-order chi connectivity index (χ1) is 13.1. The fraction of sp³-hybridized carbons (Fsp3) is 0.174. The number of hydrogen-bond acceptors (Lipinski definition) is 2. The molecule has 4 nitrogen and oxygen atoms in total. The van der Waals surface area contributed by atoms with E-state index in [0.29, 0.717) is 0 Å². The molecule has 3 aromatic carbocycles. The normalized spacial score (nSPS) is 13.0. The van der Waals surface area contributed by atoms with Crippen molar-refractivity contribution in [1.82, 2.24) is 10.6 Å². The Morgan fingerprint density at radius 2 is 1.30 bits per heavy atom. The van der Waals surface area contributed by atoms with Crippen molar-refractivity contribution in [1.29, 1.82) is 0 Å². The van der Waals surface area contributed by atoms with E-state index in [1.165, 1.54) is 0 Å². The van der Waals surface area contributed by atoms with Crippen LogP contribution in [0.3, 0.4) is 0 Å². The van der Waals surface area contributed by atoms with Gasteiger partial charge in [0.1, 0.15) is 5.60 Å². The Morgan fingerprint density at radius 3 is 1.78 bits per heavy atom. The van der Waals surface area contributed by atoms with E-state index in [9.17, 15) is 9.90 Å². The monoisotopic (exact) mass is 360 g/mol. The Kier molecular flexibility index (Phi) is 5.89. The van der Waals surface area contributed by atoms with Gasteiger partial charge in [-0.3, -0.25) is 0 Å². The Hall–Kier alpha value is -3.11. The maximum atomic E-state index is 12.5. The average molecular weight is 360 g/mol. The standard InChI is InChI=1S/C23H24N2O2/c1-23(27,20-15-9-4-10-16-20)17-24-22(26)25-21(18-11-5-2-6-12-18)19-13-7-3-8-14-19/h2-16,21,27H,17H2,1H3,(H2,24,25,26)/t23-/m1/s1. The SMILES string of the molecule is C[C@@](O)(CNC(=O)NC(c1ccccc1)c1ccccc1)c1ccccc1. The molecule has 0 heterocycles. The maximum Gasteiger partial charge on any atom is 0.315 e. The first-order valence-electron chi connectivity index (χ1n) is 8.98. The van der Waals surface area contributed by atoms with Crippen LogP contribution >= 0.6 is 0 Å². The first-order valence-corrected chi connectivity index (χ1v) is 8.98. The third-order valence-corrected chi connectivity index (χ3v) is 4.53. The van der Waals surface area contributed by atoms with E-state index in [1.807, 2.05) is 91.0 Å². The average Bonchev–Trinajstić information content (AvgIpc) is 2.72. The predicted molar refractivity (Wildman–Crippen MR) is 107 cm³/mol. The molecule has 3 aromatic rings. The van der Waals surface area contributed by atoms with Crippen molar-refractivity contribution in [3.63, 3.8) is 0 Å². The highest BCUT2D eigenvalue weighted by Crippen LogP contribution is 2.22. The van der Waals surface area contributed by atoms with Crippen LogP contribution in [0, 0.1) is 0 Å². The molecule has 3 N–H and O–H groups in total. The Labute approximate surface area is 159 Å². The van der Waals surface area contributed by atoms with Gasteiger partial charge in [-0.1, -0.05) is 91.0 Å². The zero-order chi connectivity index (χ0) is 19.1. The van der Waals surface area contributed by atoms with Gasteiger partial charge in [0.05, 0.1) is 12.6 Å². The Balaban J connectivity index is 1.70. The third kappa shape index (κ3) is 4.96. The van der Waals surface area contributed by atoms with Gasteiger partial charge < -0.3 is 15.7 Å². The van der Waals surface area contributed by atoms with Crippen LogP contribution in [-0.4, -0.2) is 17.7 Å². The third-order valence-electron chi connectivity index (χ3n) is 4.53. The molecule has 138 valence electrons. The zero-order valence-electron chi connectivity index (χ0n) is 15.3. The molecule has 27 heavy (non-hydrogen) atoms. The minimum atomic E-state index is -1.15. The van der Waals surface area contributed by atoms with Crippen molar-refractivity contribution in [2.75, 3.05) is 6.54 Å². The summed E-state index contributed by atoms with van der Waals surface area (Å²) in [6, 6.07) is 28.3. The molecule has 0 fully saturated rings. The van der Waals surface area contributed by atoms with Crippen molar-refractivity contribution in [3.05, 3.63) is 108 Å². The van der Waals surface area contributed by atoms with Gasteiger partial charge in [-0.2, -0.15) is 0 Å². The summed E-state index contributed by atoms with van der Waals surface area (Å²) >= 11 is 0. The van der Waals surface area contributed by atoms with Gasteiger partial charge in [0.2, 0.25) is 0 Å². The molecule has 0 aliphatic heterocycles. The van der Waals surface area contributed by atoms with E-state index in [0.717, 1.165) is 16.7 Å². The number of carbonyl (C=O) groups is 1. The van der Waals surface area contributed by atoms with Crippen LogP contribution in [0.1, 0.15) is 29.7 Å². The summed E-state index contributed by atoms with van der Waals surface area (Å²) in [5, 5.41) is 16.5. The second-order valence-electron chi connectivity index (χ2n) is 6.72. The number of rotatable bonds is 6. The first kappa shape index (κ1) is 18.7. The molecule has 0 saturated carbocycles. The lowest BCUT2D eigenvalue weighted by Gasteiger charge is -2.26. The van der Waals surface area contributed by atoms with Gasteiger partial charge in [-0.05, 0) is 23.6 Å². The van der Waals surface area contributed by atoms with Crippen LogP contribution < -0.4 is 10.6 Å². The van der Waals surface area contributed by atoms with Crippen LogP contribution in [0.25, 0.3) is 0 Å². The van der Waals surface area contributed by atoms with Crippen LogP contribution in [-0.2, 0) is 5.60 Å². The quantitative estimate of drug-likeness (QED) is 0.623. The Bertz CT molecular complexity index is 810. The number of benzene rings is 3. The lowest BCUT2D eigenvalue weighted by molar-refractivity contribution is 0.0593. The van der Waals surface area contributed by atoms with Crippen LogP contribution in [0.15, 0.2) is 91.0 Å². The van der Waals surface area contributed by atoms with Gasteiger partial charge in [0, 0.05) is 0 Å². The van der Waals surface area contributed by atoms with E-state index < -0.39 is 5.60 Å². The summed E-state index contributed by atoms with van der Waals surface area (Å²) in [5.74, 6) is 0.